The Kier molecular flexibility index (Phi) is 9.52. The van der Waals surface area contributed by atoms with Crippen LogP contribution in [0.5, 0.6) is 0 Å². The average Bonchev–Trinajstić information content (AvgIpc) is 2.83. The number of rotatable bonds is 8. The molecule has 1 heterocycles. The normalized spacial score (nSPS) is 17.3. The van der Waals surface area contributed by atoms with E-state index < -0.39 is 28.4 Å². The summed E-state index contributed by atoms with van der Waals surface area (Å²) in [6, 6.07) is 9.75. The van der Waals surface area contributed by atoms with E-state index in [1.54, 1.807) is 45.0 Å². The van der Waals surface area contributed by atoms with Crippen LogP contribution in [0.25, 0.3) is 0 Å². The molecule has 1 saturated carbocycles. The molecule has 204 valence electrons. The lowest BCUT2D eigenvalue weighted by Gasteiger charge is -2.34. The van der Waals surface area contributed by atoms with Gasteiger partial charge in [-0.25, -0.2) is 23.0 Å². The molecule has 1 aromatic heterocycles. The number of nitriles is 1. The molecule has 0 saturated heterocycles. The van der Waals surface area contributed by atoms with Gasteiger partial charge in [-0.2, -0.15) is 5.26 Å². The number of alkyl carbamates (subject to hydrolysis) is 1. The predicted octanol–water partition coefficient (Wildman–Crippen LogP) is 3.84. The number of benzene rings is 1. The van der Waals surface area contributed by atoms with E-state index in [0.29, 0.717) is 17.1 Å². The first-order valence-corrected chi connectivity index (χ1v) is 13.6. The quantitative estimate of drug-likeness (QED) is 0.284. The Morgan fingerprint density at radius 3 is 2.50 bits per heavy atom. The van der Waals surface area contributed by atoms with Crippen molar-refractivity contribution in [1.29, 1.82) is 5.26 Å². The summed E-state index contributed by atoms with van der Waals surface area (Å²) in [5.41, 5.74) is 0.408. The standard InChI is InChI=1S/C26H33N5O6S/c1-26(2,3)37-25(33)30-20-11-6-5-10-19(20)29-21-13-17(14-27)22(24(32)36-4)23(31-21)28-18-9-7-8-16(12-18)15-38(34)35/h7-9,12-13,19-20,38H,5-6,10-11,15H2,1-4H3,(H,30,33)(H2,28,29,31)/t19-,20+/m1/s1. The van der Waals surface area contributed by atoms with Gasteiger partial charge in [0.25, 0.3) is 0 Å². The molecule has 3 N–H and O–H groups in total. The Bertz CT molecular complexity index is 1290. The third kappa shape index (κ3) is 8.08. The van der Waals surface area contributed by atoms with Gasteiger partial charge in [0, 0.05) is 11.7 Å². The van der Waals surface area contributed by atoms with Crippen molar-refractivity contribution < 1.29 is 27.5 Å². The van der Waals surface area contributed by atoms with Gasteiger partial charge in [-0.15, -0.1) is 0 Å². The number of anilines is 3. The van der Waals surface area contributed by atoms with Crippen LogP contribution in [-0.2, 0) is 25.9 Å². The third-order valence-electron chi connectivity index (χ3n) is 5.83. The van der Waals surface area contributed by atoms with Crippen molar-refractivity contribution in [2.75, 3.05) is 17.7 Å². The number of amides is 1. The van der Waals surface area contributed by atoms with Crippen LogP contribution in [-0.4, -0.2) is 50.3 Å². The molecule has 0 aliphatic heterocycles. The highest BCUT2D eigenvalue weighted by molar-refractivity contribution is 7.71. The maximum absolute atomic E-state index is 12.6. The molecule has 3 rings (SSSR count). The number of methoxy groups -OCH3 is 1. The van der Waals surface area contributed by atoms with Gasteiger partial charge in [-0.1, -0.05) is 25.0 Å². The highest BCUT2D eigenvalue weighted by Crippen LogP contribution is 2.29. The fraction of sp³-hybridized carbons (Fsp3) is 0.462. The van der Waals surface area contributed by atoms with Crippen LogP contribution in [0.1, 0.15) is 67.9 Å². The van der Waals surface area contributed by atoms with E-state index in [9.17, 15) is 23.3 Å². The lowest BCUT2D eigenvalue weighted by atomic mass is 9.90. The van der Waals surface area contributed by atoms with Crippen LogP contribution in [0.15, 0.2) is 30.3 Å². The van der Waals surface area contributed by atoms with Crippen molar-refractivity contribution in [3.05, 3.63) is 47.0 Å². The van der Waals surface area contributed by atoms with Gasteiger partial charge in [0.05, 0.1) is 24.5 Å². The number of nitrogens with one attached hydrogen (secondary N) is 3. The van der Waals surface area contributed by atoms with Crippen LogP contribution in [0.3, 0.4) is 0 Å². The summed E-state index contributed by atoms with van der Waals surface area (Å²) in [6.45, 7) is 5.39. The van der Waals surface area contributed by atoms with E-state index in [2.05, 4.69) is 20.9 Å². The number of pyridine rings is 1. The highest BCUT2D eigenvalue weighted by Gasteiger charge is 2.29. The molecule has 11 nitrogen and oxygen atoms in total. The molecule has 12 heteroatoms. The molecule has 1 aliphatic rings. The number of carbonyl (C=O) groups excluding carboxylic acids is 2. The van der Waals surface area contributed by atoms with Gasteiger partial charge in [0.1, 0.15) is 39.6 Å². The van der Waals surface area contributed by atoms with E-state index in [-0.39, 0.29) is 34.8 Å². The number of carbonyl (C=O) groups is 2. The first kappa shape index (κ1) is 28.7. The molecule has 1 aliphatic carbocycles. The lowest BCUT2D eigenvalue weighted by Crippen LogP contribution is -2.49. The number of nitrogens with zero attached hydrogens (tertiary/aromatic N) is 2. The average molecular weight is 544 g/mol. The molecule has 38 heavy (non-hydrogen) atoms. The molecule has 1 aromatic carbocycles. The largest absolute Gasteiger partial charge is 0.465 e. The lowest BCUT2D eigenvalue weighted by molar-refractivity contribution is 0.0487. The van der Waals surface area contributed by atoms with Crippen molar-refractivity contribution in [2.45, 2.75) is 69.9 Å². The zero-order valence-electron chi connectivity index (χ0n) is 21.9. The van der Waals surface area contributed by atoms with E-state index in [1.807, 2.05) is 6.07 Å². The monoisotopic (exact) mass is 543 g/mol. The smallest absolute Gasteiger partial charge is 0.407 e. The molecule has 1 fully saturated rings. The van der Waals surface area contributed by atoms with Gasteiger partial charge in [0.2, 0.25) is 0 Å². The third-order valence-corrected chi connectivity index (χ3v) is 6.46. The summed E-state index contributed by atoms with van der Waals surface area (Å²) in [5.74, 6) is -0.474. The molecule has 0 radical (unpaired) electrons. The first-order chi connectivity index (χ1) is 18.0. The maximum Gasteiger partial charge on any atom is 0.407 e. The summed E-state index contributed by atoms with van der Waals surface area (Å²) in [6.07, 6.45) is 2.86. The van der Waals surface area contributed by atoms with Crippen LogP contribution < -0.4 is 16.0 Å². The minimum absolute atomic E-state index is 0.0445. The maximum atomic E-state index is 12.6. The summed E-state index contributed by atoms with van der Waals surface area (Å²) >= 11 is 0. The number of hydrogen-bond donors (Lipinski definition) is 4. The van der Waals surface area contributed by atoms with Crippen molar-refractivity contribution in [3.63, 3.8) is 0 Å². The second-order valence-electron chi connectivity index (χ2n) is 9.99. The summed E-state index contributed by atoms with van der Waals surface area (Å²) in [7, 11) is -1.41. The number of ether oxygens (including phenoxy) is 2. The minimum Gasteiger partial charge on any atom is -0.465 e. The zero-order chi connectivity index (χ0) is 27.9. The fourth-order valence-corrected chi connectivity index (χ4v) is 4.76. The Hall–Kier alpha value is -3.85. The molecule has 2 atom stereocenters. The van der Waals surface area contributed by atoms with Crippen molar-refractivity contribution in [3.8, 4) is 6.07 Å². The highest BCUT2D eigenvalue weighted by atomic mass is 32.2. The van der Waals surface area contributed by atoms with Crippen molar-refractivity contribution in [1.82, 2.24) is 10.3 Å². The number of aromatic nitrogens is 1. The molecule has 2 aromatic rings. The van der Waals surface area contributed by atoms with Gasteiger partial charge < -0.3 is 25.4 Å². The molecule has 0 spiro atoms. The van der Waals surface area contributed by atoms with Crippen LogP contribution in [0.2, 0.25) is 0 Å². The zero-order valence-corrected chi connectivity index (χ0v) is 22.8. The predicted molar refractivity (Wildman–Crippen MR) is 143 cm³/mol. The topological polar surface area (TPSA) is 160 Å². The van der Waals surface area contributed by atoms with Gasteiger partial charge >= 0.3 is 12.1 Å². The van der Waals surface area contributed by atoms with Gasteiger partial charge in [0.15, 0.2) is 0 Å². The fourth-order valence-electron chi connectivity index (χ4n) is 4.26. The Morgan fingerprint density at radius 2 is 1.87 bits per heavy atom. The Morgan fingerprint density at radius 1 is 1.16 bits per heavy atom. The van der Waals surface area contributed by atoms with E-state index >= 15 is 0 Å². The minimum atomic E-state index is -2.62. The van der Waals surface area contributed by atoms with Crippen molar-refractivity contribution >= 4 is 40.1 Å². The SMILES string of the molecule is COC(=O)c1c(C#N)cc(N[C@@H]2CCCC[C@@H]2NC(=O)OC(C)(C)C)nc1Nc1cccc(C[SH](=O)=O)c1. The van der Waals surface area contributed by atoms with Crippen molar-refractivity contribution in [2.24, 2.45) is 0 Å². The van der Waals surface area contributed by atoms with Crippen LogP contribution in [0.4, 0.5) is 22.1 Å². The van der Waals surface area contributed by atoms with Gasteiger partial charge in [-0.05, 0) is 57.4 Å². The summed E-state index contributed by atoms with van der Waals surface area (Å²) in [5, 5.41) is 19.1. The summed E-state index contributed by atoms with van der Waals surface area (Å²) < 4.78 is 32.6. The second-order valence-corrected chi connectivity index (χ2v) is 11.0. The summed E-state index contributed by atoms with van der Waals surface area (Å²) in [4.78, 5) is 29.6. The van der Waals surface area contributed by atoms with Crippen LogP contribution in [0, 0.1) is 11.3 Å². The molecule has 1 amide bonds. The van der Waals surface area contributed by atoms with E-state index in [0.717, 1.165) is 25.7 Å². The first-order valence-electron chi connectivity index (χ1n) is 12.3. The molecular weight excluding hydrogens is 510 g/mol. The van der Waals surface area contributed by atoms with E-state index in [1.165, 1.54) is 13.2 Å². The van der Waals surface area contributed by atoms with Crippen LogP contribution >= 0.6 is 0 Å². The molecule has 0 unspecified atom stereocenters. The Labute approximate surface area is 223 Å². The number of esters is 1. The molecule has 0 bridgehead atoms. The molecular formula is C26H33N5O6S. The van der Waals surface area contributed by atoms with E-state index in [4.69, 9.17) is 9.47 Å². The van der Waals surface area contributed by atoms with Gasteiger partial charge in [-0.3, -0.25) is 0 Å². The number of hydrogen-bond acceptors (Lipinski definition) is 10. The second kappa shape index (κ2) is 12.6. The Balaban J connectivity index is 1.93. The number of thiol groups is 1.